The minimum absolute atomic E-state index is 0.658. The Morgan fingerprint density at radius 2 is 2.05 bits per heavy atom. The molecule has 0 saturated heterocycles. The Bertz CT molecular complexity index is 522. The first kappa shape index (κ1) is 13.9. The van der Waals surface area contributed by atoms with Gasteiger partial charge in [0.05, 0.1) is 19.9 Å². The molecule has 2 N–H and O–H groups in total. The molecule has 0 fully saturated rings. The van der Waals surface area contributed by atoms with Gasteiger partial charge < -0.3 is 10.5 Å². The van der Waals surface area contributed by atoms with Gasteiger partial charge in [0.1, 0.15) is 10.9 Å². The predicted octanol–water partition coefficient (Wildman–Crippen LogP) is 2.48. The molecule has 1 heterocycles. The maximum atomic E-state index is 6.30. The highest BCUT2D eigenvalue weighted by Gasteiger charge is 2.08. The Labute approximate surface area is 118 Å². The predicted molar refractivity (Wildman–Crippen MR) is 76.7 cm³/mol. The standard InChI is InChI=1S/C14H18ClN3O/c1-19-13-6-4-11(5-7-13)10-18-14(15)12(9-17-18)3-2-8-16/h4-7,9H,2-3,8,10,16H2,1H3. The minimum Gasteiger partial charge on any atom is -0.497 e. The second-order valence-corrected chi connectivity index (χ2v) is 4.72. The molecule has 0 aliphatic carbocycles. The van der Waals surface area contributed by atoms with Crippen LogP contribution in [0.4, 0.5) is 0 Å². The molecular formula is C14H18ClN3O. The van der Waals surface area contributed by atoms with Crippen LogP contribution in [0.5, 0.6) is 5.75 Å². The molecule has 102 valence electrons. The van der Waals surface area contributed by atoms with Crippen LogP contribution < -0.4 is 10.5 Å². The van der Waals surface area contributed by atoms with Crippen molar-refractivity contribution in [3.05, 3.63) is 46.7 Å². The van der Waals surface area contributed by atoms with Crippen molar-refractivity contribution in [3.63, 3.8) is 0 Å². The van der Waals surface area contributed by atoms with Gasteiger partial charge in [-0.15, -0.1) is 0 Å². The Balaban J connectivity index is 2.07. The third kappa shape index (κ3) is 3.49. The van der Waals surface area contributed by atoms with Gasteiger partial charge in [-0.05, 0) is 37.1 Å². The summed E-state index contributed by atoms with van der Waals surface area (Å²) in [5.41, 5.74) is 7.69. The number of benzene rings is 1. The number of ether oxygens (including phenoxy) is 1. The van der Waals surface area contributed by atoms with Gasteiger partial charge in [-0.25, -0.2) is 4.68 Å². The van der Waals surface area contributed by atoms with Crippen LogP contribution >= 0.6 is 11.6 Å². The molecule has 1 aromatic carbocycles. The molecule has 0 radical (unpaired) electrons. The van der Waals surface area contributed by atoms with Crippen LogP contribution in [-0.4, -0.2) is 23.4 Å². The molecule has 0 amide bonds. The molecule has 0 bridgehead atoms. The second kappa shape index (κ2) is 6.59. The Morgan fingerprint density at radius 3 is 2.68 bits per heavy atom. The number of nitrogens with two attached hydrogens (primary N) is 1. The molecule has 0 aliphatic heterocycles. The van der Waals surface area contributed by atoms with E-state index in [2.05, 4.69) is 5.10 Å². The molecule has 5 heteroatoms. The lowest BCUT2D eigenvalue weighted by atomic mass is 10.2. The first-order valence-electron chi connectivity index (χ1n) is 6.27. The summed E-state index contributed by atoms with van der Waals surface area (Å²) < 4.78 is 6.93. The van der Waals surface area contributed by atoms with E-state index >= 15 is 0 Å². The first-order valence-corrected chi connectivity index (χ1v) is 6.65. The van der Waals surface area contributed by atoms with E-state index in [-0.39, 0.29) is 0 Å². The monoisotopic (exact) mass is 279 g/mol. The van der Waals surface area contributed by atoms with E-state index in [0.717, 1.165) is 29.7 Å². The summed E-state index contributed by atoms with van der Waals surface area (Å²) in [6.45, 7) is 1.32. The fourth-order valence-corrected chi connectivity index (χ4v) is 2.13. The number of hydrogen-bond acceptors (Lipinski definition) is 3. The van der Waals surface area contributed by atoms with E-state index in [1.807, 2.05) is 30.5 Å². The molecule has 0 aliphatic rings. The Hall–Kier alpha value is -1.52. The fourth-order valence-electron chi connectivity index (χ4n) is 1.88. The molecule has 0 unspecified atom stereocenters. The smallest absolute Gasteiger partial charge is 0.130 e. The molecule has 2 rings (SSSR count). The molecule has 0 saturated carbocycles. The number of rotatable bonds is 6. The van der Waals surface area contributed by atoms with E-state index in [4.69, 9.17) is 22.1 Å². The van der Waals surface area contributed by atoms with Gasteiger partial charge in [-0.1, -0.05) is 23.7 Å². The van der Waals surface area contributed by atoms with Crippen molar-refractivity contribution in [2.75, 3.05) is 13.7 Å². The van der Waals surface area contributed by atoms with Crippen LogP contribution in [0.25, 0.3) is 0 Å². The minimum atomic E-state index is 0.658. The van der Waals surface area contributed by atoms with Crippen molar-refractivity contribution in [1.29, 1.82) is 0 Å². The van der Waals surface area contributed by atoms with E-state index in [0.29, 0.717) is 18.2 Å². The van der Waals surface area contributed by atoms with Gasteiger partial charge in [0, 0.05) is 5.56 Å². The lowest BCUT2D eigenvalue weighted by Crippen LogP contribution is -2.03. The molecule has 19 heavy (non-hydrogen) atoms. The van der Waals surface area contributed by atoms with Crippen LogP contribution in [0.1, 0.15) is 17.5 Å². The third-order valence-corrected chi connectivity index (χ3v) is 3.42. The van der Waals surface area contributed by atoms with Crippen LogP contribution in [0, 0.1) is 0 Å². The normalized spacial score (nSPS) is 10.7. The summed E-state index contributed by atoms with van der Waals surface area (Å²) in [5, 5.41) is 5.02. The van der Waals surface area contributed by atoms with Gasteiger partial charge in [0.15, 0.2) is 0 Å². The van der Waals surface area contributed by atoms with Gasteiger partial charge in [0.2, 0.25) is 0 Å². The SMILES string of the molecule is COc1ccc(Cn2ncc(CCCN)c2Cl)cc1. The maximum Gasteiger partial charge on any atom is 0.130 e. The lowest BCUT2D eigenvalue weighted by Gasteiger charge is -2.05. The highest BCUT2D eigenvalue weighted by atomic mass is 35.5. The fraction of sp³-hybridized carbons (Fsp3) is 0.357. The zero-order valence-corrected chi connectivity index (χ0v) is 11.7. The molecule has 1 aromatic heterocycles. The second-order valence-electron chi connectivity index (χ2n) is 4.36. The quantitative estimate of drug-likeness (QED) is 0.884. The zero-order chi connectivity index (χ0) is 13.7. The zero-order valence-electron chi connectivity index (χ0n) is 11.0. The van der Waals surface area contributed by atoms with Crippen LogP contribution in [0.15, 0.2) is 30.5 Å². The van der Waals surface area contributed by atoms with Crippen molar-refractivity contribution < 1.29 is 4.74 Å². The summed E-state index contributed by atoms with van der Waals surface area (Å²) in [6.07, 6.45) is 3.62. The summed E-state index contributed by atoms with van der Waals surface area (Å²) >= 11 is 6.30. The first-order chi connectivity index (χ1) is 9.24. The van der Waals surface area contributed by atoms with E-state index in [1.54, 1.807) is 11.8 Å². The van der Waals surface area contributed by atoms with Crippen molar-refractivity contribution in [2.45, 2.75) is 19.4 Å². The van der Waals surface area contributed by atoms with Gasteiger partial charge in [-0.3, -0.25) is 0 Å². The van der Waals surface area contributed by atoms with Crippen LogP contribution in [-0.2, 0) is 13.0 Å². The molecular weight excluding hydrogens is 262 g/mol. The van der Waals surface area contributed by atoms with Crippen molar-refractivity contribution in [1.82, 2.24) is 9.78 Å². The Kier molecular flexibility index (Phi) is 4.82. The highest BCUT2D eigenvalue weighted by molar-refractivity contribution is 6.30. The topological polar surface area (TPSA) is 53.1 Å². The van der Waals surface area contributed by atoms with Gasteiger partial charge in [-0.2, -0.15) is 5.10 Å². The summed E-state index contributed by atoms with van der Waals surface area (Å²) in [6, 6.07) is 7.89. The lowest BCUT2D eigenvalue weighted by molar-refractivity contribution is 0.414. The highest BCUT2D eigenvalue weighted by Crippen LogP contribution is 2.19. The van der Waals surface area contributed by atoms with E-state index in [9.17, 15) is 0 Å². The number of methoxy groups -OCH3 is 1. The van der Waals surface area contributed by atoms with Crippen molar-refractivity contribution >= 4 is 11.6 Å². The van der Waals surface area contributed by atoms with Gasteiger partial charge >= 0.3 is 0 Å². The molecule has 4 nitrogen and oxygen atoms in total. The number of nitrogens with zero attached hydrogens (tertiary/aromatic N) is 2. The van der Waals surface area contributed by atoms with Crippen molar-refractivity contribution in [2.24, 2.45) is 5.73 Å². The number of aryl methyl sites for hydroxylation is 1. The molecule has 0 spiro atoms. The van der Waals surface area contributed by atoms with Crippen LogP contribution in [0.2, 0.25) is 5.15 Å². The van der Waals surface area contributed by atoms with Crippen LogP contribution in [0.3, 0.4) is 0 Å². The number of hydrogen-bond donors (Lipinski definition) is 1. The van der Waals surface area contributed by atoms with E-state index < -0.39 is 0 Å². The molecule has 2 aromatic rings. The summed E-state index contributed by atoms with van der Waals surface area (Å²) in [4.78, 5) is 0. The Morgan fingerprint density at radius 1 is 1.32 bits per heavy atom. The largest absolute Gasteiger partial charge is 0.497 e. The average Bonchev–Trinajstić information content (AvgIpc) is 2.78. The maximum absolute atomic E-state index is 6.30. The average molecular weight is 280 g/mol. The third-order valence-electron chi connectivity index (χ3n) is 2.99. The molecule has 0 atom stereocenters. The summed E-state index contributed by atoms with van der Waals surface area (Å²) in [7, 11) is 1.66. The summed E-state index contributed by atoms with van der Waals surface area (Å²) in [5.74, 6) is 0.846. The number of aromatic nitrogens is 2. The van der Waals surface area contributed by atoms with Gasteiger partial charge in [0.25, 0.3) is 0 Å². The van der Waals surface area contributed by atoms with E-state index in [1.165, 1.54) is 0 Å². The van der Waals surface area contributed by atoms with Crippen molar-refractivity contribution in [3.8, 4) is 5.75 Å². The number of halogens is 1.